The van der Waals surface area contributed by atoms with Gasteiger partial charge in [-0.1, -0.05) is 88.6 Å². The highest BCUT2D eigenvalue weighted by Crippen LogP contribution is 2.13. The van der Waals surface area contributed by atoms with Crippen LogP contribution in [0.2, 0.25) is 0 Å². The van der Waals surface area contributed by atoms with E-state index in [0.29, 0.717) is 10.8 Å². The molecule has 0 aliphatic carbocycles. The fraction of sp³-hybridized carbons (Fsp3) is 0.455. The first kappa shape index (κ1) is 24.1. The van der Waals surface area contributed by atoms with Crippen LogP contribution in [-0.4, -0.2) is 19.2 Å². The first-order valence-electron chi connectivity index (χ1n) is 9.28. The number of aromatic nitrogens is 4. The maximum atomic E-state index is 3.89. The molecule has 0 atom stereocenters. The van der Waals surface area contributed by atoms with Crippen LogP contribution in [0.5, 0.6) is 0 Å². The van der Waals surface area contributed by atoms with Crippen LogP contribution in [0.1, 0.15) is 55.4 Å². The predicted molar refractivity (Wildman–Crippen MR) is 125 cm³/mol. The summed E-state index contributed by atoms with van der Waals surface area (Å²) in [6, 6.07) is 15.8. The molecule has 2 heterocycles. The Morgan fingerprint density at radius 3 is 1.11 bits per heavy atom. The zero-order valence-electron chi connectivity index (χ0n) is 18.2. The summed E-state index contributed by atoms with van der Waals surface area (Å²) in [4.78, 5) is 0. The average molecular weight is 417 g/mol. The summed E-state index contributed by atoms with van der Waals surface area (Å²) in [5.74, 6) is 0. The lowest BCUT2D eigenvalue weighted by Crippen LogP contribution is -1.93. The van der Waals surface area contributed by atoms with Gasteiger partial charge >= 0.3 is 0 Å². The van der Waals surface area contributed by atoms with E-state index in [-0.39, 0.29) is 0 Å². The Bertz CT molecular complexity index is 780. The molecule has 0 unspecified atom stereocenters. The van der Waals surface area contributed by atoms with Crippen molar-refractivity contribution in [3.63, 3.8) is 0 Å². The van der Waals surface area contributed by atoms with Gasteiger partial charge in [-0.05, 0) is 58.2 Å². The van der Waals surface area contributed by atoms with Gasteiger partial charge in [0.15, 0.2) is 0 Å². The van der Waals surface area contributed by atoms with Gasteiger partial charge in [0.05, 0.1) is 9.40 Å². The highest BCUT2D eigenvalue weighted by Gasteiger charge is 1.96. The predicted octanol–water partition coefficient (Wildman–Crippen LogP) is 7.49. The summed E-state index contributed by atoms with van der Waals surface area (Å²) in [7, 11) is 0. The quantitative estimate of drug-likeness (QED) is 0.298. The van der Waals surface area contributed by atoms with Gasteiger partial charge in [-0.3, -0.25) is 0 Å². The molecule has 2 aromatic heterocycles. The van der Waals surface area contributed by atoms with Gasteiger partial charge in [0.2, 0.25) is 0 Å². The summed E-state index contributed by atoms with van der Waals surface area (Å²) >= 11 is 2.85. The number of rotatable bonds is 0. The van der Waals surface area contributed by atoms with Crippen molar-refractivity contribution in [2.75, 3.05) is 0 Å². The van der Waals surface area contributed by atoms with Gasteiger partial charge in [0.1, 0.15) is 11.0 Å². The highest BCUT2D eigenvalue weighted by atomic mass is 32.1. The molecule has 0 radical (unpaired) electrons. The van der Waals surface area contributed by atoms with Crippen molar-refractivity contribution >= 4 is 43.5 Å². The molecule has 0 amide bonds. The van der Waals surface area contributed by atoms with Crippen LogP contribution in [0.3, 0.4) is 0 Å². The summed E-state index contributed by atoms with van der Waals surface area (Å²) in [5.41, 5.74) is 2.98. The lowest BCUT2D eigenvalue weighted by atomic mass is 10.0. The zero-order chi connectivity index (χ0) is 21.2. The summed E-state index contributed by atoms with van der Waals surface area (Å²) in [5, 5.41) is 7.77. The van der Waals surface area contributed by atoms with E-state index in [4.69, 9.17) is 0 Å². The van der Waals surface area contributed by atoms with Crippen LogP contribution in [0, 0.1) is 10.8 Å². The van der Waals surface area contributed by atoms with E-state index >= 15 is 0 Å². The van der Waals surface area contributed by atoms with E-state index in [0.717, 1.165) is 20.4 Å². The Balaban J connectivity index is 0.000000196. The van der Waals surface area contributed by atoms with E-state index < -0.39 is 0 Å². The maximum absolute atomic E-state index is 3.89. The molecule has 28 heavy (non-hydrogen) atoms. The Labute approximate surface area is 177 Å². The standard InChI is InChI=1S/2C6H4N2S.2C5H12/c2*1-2-4-6-5(3-1)7-8-9-6;2*1-5(2,3)4/h2*1-4H;2*1-4H3. The van der Waals surface area contributed by atoms with Gasteiger partial charge in [0.25, 0.3) is 0 Å². The average Bonchev–Trinajstić information content (AvgIpc) is 3.21. The molecule has 4 nitrogen and oxygen atoms in total. The van der Waals surface area contributed by atoms with Crippen LogP contribution in [0.4, 0.5) is 0 Å². The zero-order valence-corrected chi connectivity index (χ0v) is 19.9. The molecule has 0 fully saturated rings. The minimum Gasteiger partial charge on any atom is -0.138 e. The van der Waals surface area contributed by atoms with Crippen molar-refractivity contribution in [3.8, 4) is 0 Å². The van der Waals surface area contributed by atoms with Gasteiger partial charge in [-0.2, -0.15) is 0 Å². The third kappa shape index (κ3) is 12.5. The van der Waals surface area contributed by atoms with Crippen LogP contribution in [0.15, 0.2) is 48.5 Å². The molecule has 0 spiro atoms. The number of hydrogen-bond acceptors (Lipinski definition) is 6. The van der Waals surface area contributed by atoms with E-state index in [1.165, 1.54) is 23.1 Å². The molecule has 2 aromatic carbocycles. The molecule has 152 valence electrons. The molecular weight excluding hydrogens is 384 g/mol. The topological polar surface area (TPSA) is 51.6 Å². The summed E-state index contributed by atoms with van der Waals surface area (Å²) < 4.78 is 9.89. The van der Waals surface area contributed by atoms with Crippen LogP contribution in [-0.2, 0) is 0 Å². The van der Waals surface area contributed by atoms with Crippen molar-refractivity contribution in [2.45, 2.75) is 55.4 Å². The summed E-state index contributed by atoms with van der Waals surface area (Å²) in [6.45, 7) is 17.5. The normalized spacial score (nSPS) is 10.9. The third-order valence-electron chi connectivity index (χ3n) is 2.31. The molecule has 0 saturated heterocycles. The lowest BCUT2D eigenvalue weighted by molar-refractivity contribution is 0.469. The fourth-order valence-corrected chi connectivity index (χ4v) is 2.57. The van der Waals surface area contributed by atoms with Crippen molar-refractivity contribution in [2.24, 2.45) is 10.8 Å². The fourth-order valence-electron chi connectivity index (χ4n) is 1.45. The van der Waals surface area contributed by atoms with Gasteiger partial charge in [0, 0.05) is 0 Å². The third-order valence-corrected chi connectivity index (χ3v) is 3.72. The van der Waals surface area contributed by atoms with E-state index in [9.17, 15) is 0 Å². The molecule has 6 heteroatoms. The van der Waals surface area contributed by atoms with Crippen molar-refractivity contribution in [1.82, 2.24) is 19.2 Å². The Hall–Kier alpha value is -1.92. The smallest absolute Gasteiger partial charge is 0.105 e. The van der Waals surface area contributed by atoms with Gasteiger partial charge < -0.3 is 0 Å². The lowest BCUT2D eigenvalue weighted by Gasteiger charge is -2.05. The highest BCUT2D eigenvalue weighted by molar-refractivity contribution is 7.13. The van der Waals surface area contributed by atoms with Crippen molar-refractivity contribution < 1.29 is 0 Å². The van der Waals surface area contributed by atoms with Crippen LogP contribution in [0.25, 0.3) is 20.4 Å². The molecule has 0 bridgehead atoms. The van der Waals surface area contributed by atoms with E-state index in [1.54, 1.807) is 0 Å². The number of benzene rings is 2. The molecule has 4 rings (SSSR count). The molecule has 0 N–H and O–H groups in total. The first-order chi connectivity index (χ1) is 12.9. The monoisotopic (exact) mass is 416 g/mol. The Morgan fingerprint density at radius 1 is 0.536 bits per heavy atom. The Morgan fingerprint density at radius 2 is 0.821 bits per heavy atom. The molecular formula is C22H32N4S2. The van der Waals surface area contributed by atoms with Crippen molar-refractivity contribution in [3.05, 3.63) is 48.5 Å². The Kier molecular flexibility index (Phi) is 9.62. The molecule has 0 saturated carbocycles. The maximum Gasteiger partial charge on any atom is 0.105 e. The van der Waals surface area contributed by atoms with Crippen LogP contribution < -0.4 is 0 Å². The number of nitrogens with zero attached hydrogens (tertiary/aromatic N) is 4. The largest absolute Gasteiger partial charge is 0.138 e. The second kappa shape index (κ2) is 11.2. The second-order valence-corrected chi connectivity index (χ2v) is 11.1. The van der Waals surface area contributed by atoms with Gasteiger partial charge in [-0.25, -0.2) is 0 Å². The molecule has 4 aromatic rings. The minimum atomic E-state index is 0.500. The SMILES string of the molecule is CC(C)(C)C.CC(C)(C)C.c1ccc2snnc2c1.c1ccc2snnc2c1. The van der Waals surface area contributed by atoms with E-state index in [2.05, 4.69) is 74.6 Å². The number of fused-ring (bicyclic) bond motifs is 2. The second-order valence-electron chi connectivity index (χ2n) is 9.48. The first-order valence-corrected chi connectivity index (χ1v) is 10.8. The number of hydrogen-bond donors (Lipinski definition) is 0. The minimum absolute atomic E-state index is 0.500. The van der Waals surface area contributed by atoms with Gasteiger partial charge in [-0.15, -0.1) is 10.2 Å². The molecule has 0 aliphatic rings. The summed E-state index contributed by atoms with van der Waals surface area (Å²) in [6.07, 6.45) is 0. The van der Waals surface area contributed by atoms with E-state index in [1.807, 2.05) is 48.5 Å². The molecule has 0 aliphatic heterocycles. The van der Waals surface area contributed by atoms with Crippen molar-refractivity contribution in [1.29, 1.82) is 0 Å². The van der Waals surface area contributed by atoms with Crippen LogP contribution >= 0.6 is 23.1 Å².